The Morgan fingerprint density at radius 1 is 1.32 bits per heavy atom. The molecule has 1 heterocycles. The van der Waals surface area contributed by atoms with Gasteiger partial charge in [-0.05, 0) is 49.2 Å². The number of fused-ring (bicyclic) bond motifs is 1. The second-order valence-electron chi connectivity index (χ2n) is 6.14. The number of nitrogens with one attached hydrogen (secondary N) is 2. The van der Waals surface area contributed by atoms with E-state index in [1.165, 1.54) is 0 Å². The molecule has 0 saturated carbocycles. The number of aryl methyl sites for hydroxylation is 1. The standard InChI is InChI=1S/C19H19ClN2O3/c1-11-4-3-5-15(12(11)2)21-18(23)8-13-10-25-17-7-6-14(20)9-16(17)22-19(13)24/h3-7,9,13H,8,10H2,1-2H3,(H,21,23)(H,22,24). The summed E-state index contributed by atoms with van der Waals surface area (Å²) in [6.07, 6.45) is 0.0426. The lowest BCUT2D eigenvalue weighted by Crippen LogP contribution is -2.29. The van der Waals surface area contributed by atoms with Crippen LogP contribution in [0.15, 0.2) is 36.4 Å². The quantitative estimate of drug-likeness (QED) is 0.873. The SMILES string of the molecule is Cc1cccc(NC(=O)CC2COc3ccc(Cl)cc3NC2=O)c1C. The lowest BCUT2D eigenvalue weighted by atomic mass is 10.0. The van der Waals surface area contributed by atoms with Crippen LogP contribution >= 0.6 is 11.6 Å². The van der Waals surface area contributed by atoms with E-state index in [1.54, 1.807) is 18.2 Å². The molecule has 1 aliphatic heterocycles. The highest BCUT2D eigenvalue weighted by atomic mass is 35.5. The molecule has 6 heteroatoms. The van der Waals surface area contributed by atoms with Crippen molar-refractivity contribution in [2.45, 2.75) is 20.3 Å². The van der Waals surface area contributed by atoms with Gasteiger partial charge in [0.2, 0.25) is 11.8 Å². The molecule has 130 valence electrons. The number of ether oxygens (including phenoxy) is 1. The smallest absolute Gasteiger partial charge is 0.231 e. The van der Waals surface area contributed by atoms with Gasteiger partial charge in [0.05, 0.1) is 11.6 Å². The van der Waals surface area contributed by atoms with Gasteiger partial charge in [0.25, 0.3) is 0 Å². The van der Waals surface area contributed by atoms with Crippen molar-refractivity contribution in [2.24, 2.45) is 5.92 Å². The van der Waals surface area contributed by atoms with Crippen molar-refractivity contribution in [3.63, 3.8) is 0 Å². The maximum atomic E-state index is 12.4. The Balaban J connectivity index is 1.68. The van der Waals surface area contributed by atoms with Gasteiger partial charge in [-0.25, -0.2) is 0 Å². The molecule has 0 radical (unpaired) electrons. The van der Waals surface area contributed by atoms with Gasteiger partial charge in [0.1, 0.15) is 12.4 Å². The molecule has 1 aliphatic rings. The average Bonchev–Trinajstić information content (AvgIpc) is 2.71. The maximum Gasteiger partial charge on any atom is 0.231 e. The summed E-state index contributed by atoms with van der Waals surface area (Å²) in [5.41, 5.74) is 3.39. The van der Waals surface area contributed by atoms with E-state index in [0.717, 1.165) is 16.8 Å². The number of amides is 2. The monoisotopic (exact) mass is 358 g/mol. The van der Waals surface area contributed by atoms with Crippen LogP contribution in [0.2, 0.25) is 5.02 Å². The topological polar surface area (TPSA) is 67.4 Å². The average molecular weight is 359 g/mol. The predicted molar refractivity (Wildman–Crippen MR) is 98.2 cm³/mol. The van der Waals surface area contributed by atoms with E-state index in [4.69, 9.17) is 16.3 Å². The van der Waals surface area contributed by atoms with Crippen LogP contribution in [-0.2, 0) is 9.59 Å². The number of carbonyl (C=O) groups is 2. The summed E-state index contributed by atoms with van der Waals surface area (Å²) in [5.74, 6) is -0.495. The van der Waals surface area contributed by atoms with Crippen LogP contribution < -0.4 is 15.4 Å². The van der Waals surface area contributed by atoms with Crippen LogP contribution in [0.1, 0.15) is 17.5 Å². The summed E-state index contributed by atoms with van der Waals surface area (Å²) >= 11 is 5.95. The van der Waals surface area contributed by atoms with Crippen LogP contribution in [0.3, 0.4) is 0 Å². The summed E-state index contributed by atoms with van der Waals surface area (Å²) < 4.78 is 5.66. The van der Waals surface area contributed by atoms with Gasteiger partial charge in [-0.2, -0.15) is 0 Å². The van der Waals surface area contributed by atoms with Gasteiger partial charge in [0.15, 0.2) is 0 Å². The molecule has 0 aliphatic carbocycles. The fourth-order valence-electron chi connectivity index (χ4n) is 2.69. The van der Waals surface area contributed by atoms with E-state index in [-0.39, 0.29) is 24.8 Å². The number of rotatable bonds is 3. The summed E-state index contributed by atoms with van der Waals surface area (Å²) in [5, 5.41) is 6.16. The van der Waals surface area contributed by atoms with Crippen molar-refractivity contribution < 1.29 is 14.3 Å². The Hall–Kier alpha value is -2.53. The predicted octanol–water partition coefficient (Wildman–Crippen LogP) is 3.93. The highest BCUT2D eigenvalue weighted by molar-refractivity contribution is 6.31. The summed E-state index contributed by atoms with van der Waals surface area (Å²) in [4.78, 5) is 24.7. The van der Waals surface area contributed by atoms with Gasteiger partial charge in [-0.3, -0.25) is 9.59 Å². The number of anilines is 2. The zero-order valence-electron chi connectivity index (χ0n) is 14.1. The number of halogens is 1. The fraction of sp³-hybridized carbons (Fsp3) is 0.263. The number of carbonyl (C=O) groups excluding carboxylic acids is 2. The summed E-state index contributed by atoms with van der Waals surface area (Å²) in [6.45, 7) is 4.08. The lowest BCUT2D eigenvalue weighted by Gasteiger charge is -2.14. The highest BCUT2D eigenvalue weighted by Gasteiger charge is 2.27. The molecule has 1 atom stereocenters. The Morgan fingerprint density at radius 3 is 2.92 bits per heavy atom. The molecule has 2 amide bonds. The third-order valence-corrected chi connectivity index (χ3v) is 4.56. The van der Waals surface area contributed by atoms with Gasteiger partial charge in [0, 0.05) is 17.1 Å². The van der Waals surface area contributed by atoms with Crippen LogP contribution in [0, 0.1) is 19.8 Å². The first kappa shape index (κ1) is 17.3. The zero-order valence-corrected chi connectivity index (χ0v) is 14.8. The first-order valence-corrected chi connectivity index (χ1v) is 8.41. The number of hydrogen-bond donors (Lipinski definition) is 2. The molecular weight excluding hydrogens is 340 g/mol. The summed E-state index contributed by atoms with van der Waals surface area (Å²) in [6, 6.07) is 10.8. The van der Waals surface area contributed by atoms with Crippen molar-refractivity contribution in [3.05, 3.63) is 52.5 Å². The maximum absolute atomic E-state index is 12.4. The minimum atomic E-state index is -0.573. The Bertz CT molecular complexity index is 835. The zero-order chi connectivity index (χ0) is 18.0. The van der Waals surface area contributed by atoms with E-state index >= 15 is 0 Å². The van der Waals surface area contributed by atoms with Crippen molar-refractivity contribution in [1.82, 2.24) is 0 Å². The van der Waals surface area contributed by atoms with Crippen molar-refractivity contribution in [1.29, 1.82) is 0 Å². The molecule has 1 unspecified atom stereocenters. The van der Waals surface area contributed by atoms with Crippen LogP contribution in [0.4, 0.5) is 11.4 Å². The summed E-state index contributed by atoms with van der Waals surface area (Å²) in [7, 11) is 0. The van der Waals surface area contributed by atoms with Crippen LogP contribution in [0.5, 0.6) is 5.75 Å². The minimum absolute atomic E-state index is 0.0426. The van der Waals surface area contributed by atoms with Gasteiger partial charge < -0.3 is 15.4 Å². The first-order valence-electron chi connectivity index (χ1n) is 8.03. The van der Waals surface area contributed by atoms with Gasteiger partial charge in [-0.15, -0.1) is 0 Å². The van der Waals surface area contributed by atoms with Crippen molar-refractivity contribution in [2.75, 3.05) is 17.2 Å². The number of benzene rings is 2. The Morgan fingerprint density at radius 2 is 2.12 bits per heavy atom. The normalized spacial score (nSPS) is 16.3. The molecule has 25 heavy (non-hydrogen) atoms. The van der Waals surface area contributed by atoms with Crippen LogP contribution in [-0.4, -0.2) is 18.4 Å². The molecule has 2 N–H and O–H groups in total. The second kappa shape index (κ2) is 7.15. The molecule has 0 bridgehead atoms. The Labute approximate surface area is 151 Å². The minimum Gasteiger partial charge on any atom is -0.491 e. The van der Waals surface area contributed by atoms with E-state index in [0.29, 0.717) is 16.5 Å². The van der Waals surface area contributed by atoms with Crippen molar-refractivity contribution >= 4 is 34.8 Å². The van der Waals surface area contributed by atoms with Gasteiger partial charge >= 0.3 is 0 Å². The first-order chi connectivity index (χ1) is 11.9. The second-order valence-corrected chi connectivity index (χ2v) is 6.57. The number of hydrogen-bond acceptors (Lipinski definition) is 3. The fourth-order valence-corrected chi connectivity index (χ4v) is 2.86. The molecule has 5 nitrogen and oxygen atoms in total. The third-order valence-electron chi connectivity index (χ3n) is 4.32. The molecule has 0 spiro atoms. The molecule has 3 rings (SSSR count). The van der Waals surface area contributed by atoms with Crippen molar-refractivity contribution in [3.8, 4) is 5.75 Å². The van der Waals surface area contributed by atoms with E-state index < -0.39 is 5.92 Å². The third kappa shape index (κ3) is 3.94. The highest BCUT2D eigenvalue weighted by Crippen LogP contribution is 2.31. The van der Waals surface area contributed by atoms with E-state index in [1.807, 2.05) is 32.0 Å². The van der Waals surface area contributed by atoms with E-state index in [2.05, 4.69) is 10.6 Å². The molecule has 2 aromatic rings. The molecule has 0 aromatic heterocycles. The van der Waals surface area contributed by atoms with Crippen LogP contribution in [0.25, 0.3) is 0 Å². The molecular formula is C19H19ClN2O3. The largest absolute Gasteiger partial charge is 0.491 e. The van der Waals surface area contributed by atoms with Gasteiger partial charge in [-0.1, -0.05) is 23.7 Å². The van der Waals surface area contributed by atoms with E-state index in [9.17, 15) is 9.59 Å². The molecule has 2 aromatic carbocycles. The molecule has 0 saturated heterocycles. The molecule has 0 fully saturated rings. The Kier molecular flexibility index (Phi) is 4.95. The lowest BCUT2D eigenvalue weighted by molar-refractivity contribution is -0.125.